The second kappa shape index (κ2) is 5.98. The topological polar surface area (TPSA) is 61.0 Å². The lowest BCUT2D eigenvalue weighted by atomic mass is 10.0. The molecule has 0 bridgehead atoms. The Hall–Kier alpha value is -1.85. The maximum Gasteiger partial charge on any atom is 0.274 e. The lowest BCUT2D eigenvalue weighted by Gasteiger charge is -2.33. The summed E-state index contributed by atoms with van der Waals surface area (Å²) in [6.45, 7) is 2.12. The van der Waals surface area contributed by atoms with E-state index >= 15 is 0 Å². The number of benzene rings is 1. The van der Waals surface area contributed by atoms with E-state index in [4.69, 9.17) is 11.6 Å². The molecule has 6 heteroatoms. The number of carbonyl (C=O) groups excluding carboxylic acids is 1. The van der Waals surface area contributed by atoms with Crippen molar-refractivity contribution < 1.29 is 4.79 Å². The molecule has 1 aromatic heterocycles. The van der Waals surface area contributed by atoms with Crippen molar-refractivity contribution in [3.05, 3.63) is 51.8 Å². The number of amides is 1. The molecule has 1 atom stereocenters. The highest BCUT2D eigenvalue weighted by Crippen LogP contribution is 2.26. The minimum Gasteiger partial charge on any atom is -0.334 e. The third-order valence-corrected chi connectivity index (χ3v) is 4.96. The Labute approximate surface area is 140 Å². The molecule has 0 saturated carbocycles. The van der Waals surface area contributed by atoms with Gasteiger partial charge in [-0.2, -0.15) is 5.10 Å². The molecule has 23 heavy (non-hydrogen) atoms. The number of rotatable bonds is 2. The van der Waals surface area contributed by atoms with Crippen molar-refractivity contribution >= 4 is 17.5 Å². The van der Waals surface area contributed by atoms with E-state index < -0.39 is 0 Å². The molecule has 2 aliphatic rings. The van der Waals surface area contributed by atoms with Crippen molar-refractivity contribution in [1.82, 2.24) is 20.4 Å². The molecule has 120 valence electrons. The van der Waals surface area contributed by atoms with Gasteiger partial charge in [-0.05, 0) is 37.0 Å². The first-order valence-corrected chi connectivity index (χ1v) is 8.44. The Morgan fingerprint density at radius 2 is 2.26 bits per heavy atom. The smallest absolute Gasteiger partial charge is 0.274 e. The monoisotopic (exact) mass is 330 g/mol. The summed E-state index contributed by atoms with van der Waals surface area (Å²) in [6.07, 6.45) is 3.07. The van der Waals surface area contributed by atoms with Crippen LogP contribution < -0.4 is 5.32 Å². The molecule has 0 spiro atoms. The number of hydrogen-bond donors (Lipinski definition) is 2. The summed E-state index contributed by atoms with van der Waals surface area (Å²) in [4.78, 5) is 14.8. The van der Waals surface area contributed by atoms with E-state index in [2.05, 4.69) is 15.5 Å². The van der Waals surface area contributed by atoms with E-state index in [1.807, 2.05) is 29.2 Å². The van der Waals surface area contributed by atoms with Crippen LogP contribution in [-0.2, 0) is 12.8 Å². The van der Waals surface area contributed by atoms with E-state index in [9.17, 15) is 4.79 Å². The van der Waals surface area contributed by atoms with Crippen LogP contribution in [0.25, 0.3) is 0 Å². The average molecular weight is 331 g/mol. The first kappa shape index (κ1) is 14.7. The average Bonchev–Trinajstić information content (AvgIpc) is 3.18. The minimum absolute atomic E-state index is 0.0397. The van der Waals surface area contributed by atoms with E-state index in [0.717, 1.165) is 47.7 Å². The number of nitrogens with zero attached hydrogens (tertiary/aromatic N) is 2. The molecule has 2 heterocycles. The van der Waals surface area contributed by atoms with Crippen LogP contribution >= 0.6 is 11.6 Å². The van der Waals surface area contributed by atoms with Gasteiger partial charge in [0.15, 0.2) is 5.69 Å². The normalized spacial score (nSPS) is 20.6. The zero-order chi connectivity index (χ0) is 15.8. The van der Waals surface area contributed by atoms with Crippen molar-refractivity contribution in [3.8, 4) is 0 Å². The summed E-state index contributed by atoms with van der Waals surface area (Å²) in [7, 11) is 0. The highest BCUT2D eigenvalue weighted by Gasteiger charge is 2.30. The van der Waals surface area contributed by atoms with Gasteiger partial charge in [-0.25, -0.2) is 0 Å². The van der Waals surface area contributed by atoms with Crippen molar-refractivity contribution in [2.75, 3.05) is 19.6 Å². The first-order valence-electron chi connectivity index (χ1n) is 8.06. The zero-order valence-electron chi connectivity index (χ0n) is 12.8. The van der Waals surface area contributed by atoms with Crippen LogP contribution in [0.1, 0.15) is 39.8 Å². The molecule has 1 unspecified atom stereocenters. The molecule has 1 saturated heterocycles. The third kappa shape index (κ3) is 2.75. The maximum atomic E-state index is 12.9. The summed E-state index contributed by atoms with van der Waals surface area (Å²) >= 11 is 6.09. The van der Waals surface area contributed by atoms with Crippen LogP contribution in [0.15, 0.2) is 24.3 Å². The number of aromatic amines is 1. The summed E-state index contributed by atoms with van der Waals surface area (Å²) < 4.78 is 0. The second-order valence-electron chi connectivity index (χ2n) is 6.20. The number of H-pyrrole nitrogens is 1. The van der Waals surface area contributed by atoms with E-state index in [0.29, 0.717) is 18.8 Å². The van der Waals surface area contributed by atoms with E-state index in [1.165, 1.54) is 0 Å². The summed E-state index contributed by atoms with van der Waals surface area (Å²) in [5.41, 5.74) is 3.98. The van der Waals surface area contributed by atoms with Crippen LogP contribution in [0.2, 0.25) is 5.02 Å². The number of halogens is 1. The molecule has 1 fully saturated rings. The van der Waals surface area contributed by atoms with Gasteiger partial charge in [-0.3, -0.25) is 9.89 Å². The number of aryl methyl sites for hydroxylation is 1. The fourth-order valence-corrected chi connectivity index (χ4v) is 3.73. The predicted molar refractivity (Wildman–Crippen MR) is 88.7 cm³/mol. The van der Waals surface area contributed by atoms with Crippen LogP contribution in [0, 0.1) is 0 Å². The van der Waals surface area contributed by atoms with Crippen LogP contribution in [0.5, 0.6) is 0 Å². The van der Waals surface area contributed by atoms with Gasteiger partial charge in [0.25, 0.3) is 5.91 Å². The Bertz CT molecular complexity index is 742. The lowest BCUT2D eigenvalue weighted by Crippen LogP contribution is -2.48. The Morgan fingerprint density at radius 3 is 3.13 bits per heavy atom. The molecule has 4 rings (SSSR count). The molecule has 2 aromatic rings. The quantitative estimate of drug-likeness (QED) is 0.888. The van der Waals surface area contributed by atoms with Gasteiger partial charge in [0.2, 0.25) is 0 Å². The molecule has 1 aromatic carbocycles. The molecule has 1 aliphatic carbocycles. The SMILES string of the molecule is O=C(c1n[nH]c2c1CCC2)N1CCNC(c2cccc(Cl)c2)C1. The van der Waals surface area contributed by atoms with Gasteiger partial charge >= 0.3 is 0 Å². The predicted octanol–water partition coefficient (Wildman–Crippen LogP) is 2.34. The molecule has 1 amide bonds. The van der Waals surface area contributed by atoms with Crippen molar-refractivity contribution in [1.29, 1.82) is 0 Å². The summed E-state index contributed by atoms with van der Waals surface area (Å²) in [5, 5.41) is 11.5. The van der Waals surface area contributed by atoms with Gasteiger partial charge < -0.3 is 10.2 Å². The van der Waals surface area contributed by atoms with Gasteiger partial charge in [-0.1, -0.05) is 23.7 Å². The molecule has 0 radical (unpaired) electrons. The first-order chi connectivity index (χ1) is 11.2. The Balaban J connectivity index is 1.54. The van der Waals surface area contributed by atoms with Crippen molar-refractivity contribution in [2.45, 2.75) is 25.3 Å². The maximum absolute atomic E-state index is 12.9. The zero-order valence-corrected chi connectivity index (χ0v) is 13.6. The van der Waals surface area contributed by atoms with Crippen LogP contribution in [0.4, 0.5) is 0 Å². The van der Waals surface area contributed by atoms with Crippen LogP contribution in [0.3, 0.4) is 0 Å². The fourth-order valence-electron chi connectivity index (χ4n) is 3.53. The number of nitrogens with one attached hydrogen (secondary N) is 2. The largest absolute Gasteiger partial charge is 0.334 e. The molecule has 2 N–H and O–H groups in total. The lowest BCUT2D eigenvalue weighted by molar-refractivity contribution is 0.0696. The summed E-state index contributed by atoms with van der Waals surface area (Å²) in [6, 6.07) is 7.92. The van der Waals surface area contributed by atoms with E-state index in [1.54, 1.807) is 0 Å². The highest BCUT2D eigenvalue weighted by atomic mass is 35.5. The molecular weight excluding hydrogens is 312 g/mol. The number of aromatic nitrogens is 2. The summed E-state index contributed by atoms with van der Waals surface area (Å²) in [5.74, 6) is 0.0397. The highest BCUT2D eigenvalue weighted by molar-refractivity contribution is 6.30. The van der Waals surface area contributed by atoms with Crippen LogP contribution in [-0.4, -0.2) is 40.6 Å². The number of carbonyl (C=O) groups is 1. The van der Waals surface area contributed by atoms with Gasteiger partial charge in [-0.15, -0.1) is 0 Å². The number of fused-ring (bicyclic) bond motifs is 1. The number of hydrogen-bond acceptors (Lipinski definition) is 3. The minimum atomic E-state index is 0.0397. The van der Waals surface area contributed by atoms with Gasteiger partial charge in [0.05, 0.1) is 6.04 Å². The Kier molecular flexibility index (Phi) is 3.83. The molecule has 1 aliphatic heterocycles. The fraction of sp³-hybridized carbons (Fsp3) is 0.412. The third-order valence-electron chi connectivity index (χ3n) is 4.72. The van der Waals surface area contributed by atoms with E-state index in [-0.39, 0.29) is 11.9 Å². The van der Waals surface area contributed by atoms with Gasteiger partial charge in [0, 0.05) is 35.9 Å². The Morgan fingerprint density at radius 1 is 1.35 bits per heavy atom. The molecule has 5 nitrogen and oxygen atoms in total. The van der Waals surface area contributed by atoms with Crippen molar-refractivity contribution in [2.24, 2.45) is 0 Å². The second-order valence-corrected chi connectivity index (χ2v) is 6.63. The van der Waals surface area contributed by atoms with Crippen molar-refractivity contribution in [3.63, 3.8) is 0 Å². The molecular formula is C17H19ClN4O. The van der Waals surface area contributed by atoms with Gasteiger partial charge in [0.1, 0.15) is 0 Å². The number of piperazine rings is 1. The standard InChI is InChI=1S/C17H19ClN4O/c18-12-4-1-3-11(9-12)15-10-22(8-7-19-15)17(23)16-13-5-2-6-14(13)20-21-16/h1,3-4,9,15,19H,2,5-8,10H2,(H,20,21).